The van der Waals surface area contributed by atoms with Gasteiger partial charge in [-0.05, 0) is 56.8 Å². The molecule has 1 N–H and O–H groups in total. The Morgan fingerprint density at radius 3 is 2.42 bits per heavy atom. The number of carbonyl (C=O) groups excluding carboxylic acids is 1. The van der Waals surface area contributed by atoms with Gasteiger partial charge in [-0.3, -0.25) is 4.79 Å². The number of nitrogens with one attached hydrogen (secondary N) is 1. The van der Waals surface area contributed by atoms with Gasteiger partial charge in [0.1, 0.15) is 0 Å². The summed E-state index contributed by atoms with van der Waals surface area (Å²) in [7, 11) is 1.93. The van der Waals surface area contributed by atoms with Crippen LogP contribution in [0.3, 0.4) is 0 Å². The summed E-state index contributed by atoms with van der Waals surface area (Å²) in [5.74, 6) is 0.800. The fourth-order valence-corrected chi connectivity index (χ4v) is 2.88. The van der Waals surface area contributed by atoms with E-state index in [1.54, 1.807) is 0 Å². The Labute approximate surface area is 116 Å². The van der Waals surface area contributed by atoms with E-state index in [9.17, 15) is 4.79 Å². The zero-order valence-corrected chi connectivity index (χ0v) is 12.2. The lowest BCUT2D eigenvalue weighted by molar-refractivity contribution is 0.0761. The predicted octanol–water partition coefficient (Wildman–Crippen LogP) is 2.38. The first-order chi connectivity index (χ1) is 9.09. The van der Waals surface area contributed by atoms with E-state index in [2.05, 4.69) is 5.32 Å². The highest BCUT2D eigenvalue weighted by molar-refractivity contribution is 5.96. The van der Waals surface area contributed by atoms with Crippen LogP contribution in [0.1, 0.15) is 34.3 Å². The fraction of sp³-hybridized carbons (Fsp3) is 0.562. The molecule has 19 heavy (non-hydrogen) atoms. The number of hydrogen-bond donors (Lipinski definition) is 1. The number of carbonyl (C=O) groups is 1. The van der Waals surface area contributed by atoms with Crippen molar-refractivity contribution in [2.75, 3.05) is 26.7 Å². The lowest BCUT2D eigenvalue weighted by Crippen LogP contribution is -2.37. The largest absolute Gasteiger partial charge is 0.341 e. The maximum absolute atomic E-state index is 12.6. The van der Waals surface area contributed by atoms with Crippen molar-refractivity contribution in [3.05, 3.63) is 34.9 Å². The molecule has 1 fully saturated rings. The first kappa shape index (κ1) is 14.1. The van der Waals surface area contributed by atoms with E-state index in [-0.39, 0.29) is 5.91 Å². The topological polar surface area (TPSA) is 32.3 Å². The highest BCUT2D eigenvalue weighted by Crippen LogP contribution is 2.18. The third-order valence-electron chi connectivity index (χ3n) is 4.03. The van der Waals surface area contributed by atoms with E-state index in [4.69, 9.17) is 0 Å². The molecule has 1 amide bonds. The molecule has 1 saturated heterocycles. The third-order valence-corrected chi connectivity index (χ3v) is 4.03. The van der Waals surface area contributed by atoms with Crippen LogP contribution in [-0.4, -0.2) is 37.5 Å². The molecule has 1 aromatic rings. The molecule has 104 valence electrons. The molecule has 1 aromatic carbocycles. The van der Waals surface area contributed by atoms with Crippen molar-refractivity contribution in [1.82, 2.24) is 10.2 Å². The minimum absolute atomic E-state index is 0.161. The molecule has 0 saturated carbocycles. The summed E-state index contributed by atoms with van der Waals surface area (Å²) in [6.45, 7) is 7.05. The first-order valence-electron chi connectivity index (χ1n) is 7.12. The van der Waals surface area contributed by atoms with Crippen LogP contribution in [0.25, 0.3) is 0 Å². The molecule has 0 bridgehead atoms. The van der Waals surface area contributed by atoms with E-state index in [0.717, 1.165) is 36.3 Å². The molecule has 0 aromatic heterocycles. The smallest absolute Gasteiger partial charge is 0.254 e. The summed E-state index contributed by atoms with van der Waals surface area (Å²) < 4.78 is 0. The lowest BCUT2D eigenvalue weighted by Gasteiger charge is -2.28. The highest BCUT2D eigenvalue weighted by Gasteiger charge is 2.20. The minimum Gasteiger partial charge on any atom is -0.341 e. The molecule has 3 heteroatoms. The Balaban J connectivity index is 2.06. The van der Waals surface area contributed by atoms with Crippen molar-refractivity contribution in [3.8, 4) is 0 Å². The second kappa shape index (κ2) is 6.20. The number of nitrogens with zero attached hydrogens (tertiary/aromatic N) is 1. The van der Waals surface area contributed by atoms with E-state index in [1.165, 1.54) is 12.8 Å². The molecule has 1 heterocycles. The van der Waals surface area contributed by atoms with Gasteiger partial charge in [0.25, 0.3) is 5.91 Å². The number of amides is 1. The van der Waals surface area contributed by atoms with Crippen molar-refractivity contribution in [2.45, 2.75) is 26.7 Å². The van der Waals surface area contributed by atoms with Crippen molar-refractivity contribution in [1.29, 1.82) is 0 Å². The van der Waals surface area contributed by atoms with Crippen LogP contribution >= 0.6 is 0 Å². The molecule has 0 unspecified atom stereocenters. The second-order valence-electron chi connectivity index (χ2n) is 5.65. The van der Waals surface area contributed by atoms with Crippen molar-refractivity contribution in [3.63, 3.8) is 0 Å². The van der Waals surface area contributed by atoms with Crippen molar-refractivity contribution >= 4 is 5.91 Å². The second-order valence-corrected chi connectivity index (χ2v) is 5.65. The normalized spacial score (nSPS) is 16.4. The molecule has 1 aliphatic heterocycles. The molecule has 1 aliphatic rings. The van der Waals surface area contributed by atoms with Crippen LogP contribution in [0, 0.1) is 19.8 Å². The Bertz CT molecular complexity index is 430. The van der Waals surface area contributed by atoms with Gasteiger partial charge in [0.15, 0.2) is 0 Å². The van der Waals surface area contributed by atoms with Crippen LogP contribution < -0.4 is 5.32 Å². The molecule has 0 radical (unpaired) electrons. The van der Waals surface area contributed by atoms with Gasteiger partial charge in [-0.2, -0.15) is 0 Å². The molecule has 0 aliphatic carbocycles. The van der Waals surface area contributed by atoms with Crippen LogP contribution in [0.15, 0.2) is 18.2 Å². The monoisotopic (exact) mass is 260 g/mol. The molecular formula is C16H24N2O. The van der Waals surface area contributed by atoms with Gasteiger partial charge in [-0.1, -0.05) is 18.2 Å². The van der Waals surface area contributed by atoms with E-state index < -0.39 is 0 Å². The zero-order valence-electron chi connectivity index (χ0n) is 12.2. The fourth-order valence-electron chi connectivity index (χ4n) is 2.88. The Kier molecular flexibility index (Phi) is 4.59. The zero-order chi connectivity index (χ0) is 13.8. The molecular weight excluding hydrogens is 236 g/mol. The van der Waals surface area contributed by atoms with Crippen LogP contribution in [0.2, 0.25) is 0 Å². The Hall–Kier alpha value is -1.35. The molecule has 0 atom stereocenters. The molecule has 3 nitrogen and oxygen atoms in total. The van der Waals surface area contributed by atoms with Crippen molar-refractivity contribution < 1.29 is 4.79 Å². The Morgan fingerprint density at radius 1 is 1.26 bits per heavy atom. The molecule has 2 rings (SSSR count). The molecule has 0 spiro atoms. The number of rotatable bonds is 3. The van der Waals surface area contributed by atoms with Gasteiger partial charge in [0, 0.05) is 19.2 Å². The van der Waals surface area contributed by atoms with Crippen LogP contribution in [0.4, 0.5) is 0 Å². The summed E-state index contributed by atoms with van der Waals surface area (Å²) in [5.41, 5.74) is 3.02. The SMILES string of the molecule is Cc1cccc(C)c1C(=O)N(C)CC1CCNCC1. The average molecular weight is 260 g/mol. The minimum atomic E-state index is 0.161. The van der Waals surface area contributed by atoms with Gasteiger partial charge in [-0.25, -0.2) is 0 Å². The van der Waals surface area contributed by atoms with E-state index >= 15 is 0 Å². The van der Waals surface area contributed by atoms with E-state index in [1.807, 2.05) is 44.0 Å². The van der Waals surface area contributed by atoms with Gasteiger partial charge < -0.3 is 10.2 Å². The predicted molar refractivity (Wildman–Crippen MR) is 78.5 cm³/mol. The van der Waals surface area contributed by atoms with Gasteiger partial charge >= 0.3 is 0 Å². The quantitative estimate of drug-likeness (QED) is 0.905. The summed E-state index contributed by atoms with van der Waals surface area (Å²) in [5, 5.41) is 3.36. The highest BCUT2D eigenvalue weighted by atomic mass is 16.2. The number of hydrogen-bond acceptors (Lipinski definition) is 2. The number of piperidine rings is 1. The van der Waals surface area contributed by atoms with Crippen LogP contribution in [0.5, 0.6) is 0 Å². The summed E-state index contributed by atoms with van der Waals surface area (Å²) in [6, 6.07) is 6.03. The lowest BCUT2D eigenvalue weighted by atomic mass is 9.96. The third kappa shape index (κ3) is 3.35. The maximum atomic E-state index is 12.6. The van der Waals surface area contributed by atoms with Gasteiger partial charge in [0.05, 0.1) is 0 Å². The van der Waals surface area contributed by atoms with Crippen LogP contribution in [-0.2, 0) is 0 Å². The summed E-state index contributed by atoms with van der Waals surface area (Å²) >= 11 is 0. The first-order valence-corrected chi connectivity index (χ1v) is 7.12. The van der Waals surface area contributed by atoms with E-state index in [0.29, 0.717) is 5.92 Å². The number of benzene rings is 1. The standard InChI is InChI=1S/C16H24N2O/c1-12-5-4-6-13(2)15(12)16(19)18(3)11-14-7-9-17-10-8-14/h4-6,14,17H,7-11H2,1-3H3. The van der Waals surface area contributed by atoms with Crippen molar-refractivity contribution in [2.24, 2.45) is 5.92 Å². The maximum Gasteiger partial charge on any atom is 0.254 e. The van der Waals surface area contributed by atoms with Gasteiger partial charge in [0.2, 0.25) is 0 Å². The van der Waals surface area contributed by atoms with Gasteiger partial charge in [-0.15, -0.1) is 0 Å². The average Bonchev–Trinajstić information content (AvgIpc) is 2.39. The summed E-state index contributed by atoms with van der Waals surface area (Å²) in [6.07, 6.45) is 2.34. The summed E-state index contributed by atoms with van der Waals surface area (Å²) in [4.78, 5) is 14.5. The number of aryl methyl sites for hydroxylation is 2. The Morgan fingerprint density at radius 2 is 1.84 bits per heavy atom.